The van der Waals surface area contributed by atoms with Gasteiger partial charge in [0.05, 0.1) is 22.4 Å². The summed E-state index contributed by atoms with van der Waals surface area (Å²) in [5.74, 6) is -0.683. The van der Waals surface area contributed by atoms with Crippen molar-refractivity contribution in [1.29, 1.82) is 0 Å². The fourth-order valence-corrected chi connectivity index (χ4v) is 4.70. The van der Waals surface area contributed by atoms with Gasteiger partial charge in [-0.05, 0) is 31.9 Å². The van der Waals surface area contributed by atoms with Gasteiger partial charge in [-0.25, -0.2) is 13.4 Å². The number of anilines is 1. The van der Waals surface area contributed by atoms with E-state index in [0.717, 1.165) is 6.20 Å². The molecule has 0 radical (unpaired) electrons. The molecule has 1 amide bonds. The Kier molecular flexibility index (Phi) is 7.70. The third-order valence-corrected chi connectivity index (χ3v) is 7.25. The Labute approximate surface area is 183 Å². The van der Waals surface area contributed by atoms with Crippen LogP contribution in [0.4, 0.5) is 9.52 Å². The van der Waals surface area contributed by atoms with Crippen LogP contribution in [-0.2, 0) is 28.9 Å². The number of aromatic nitrogens is 1. The predicted molar refractivity (Wildman–Crippen MR) is 112 cm³/mol. The first-order chi connectivity index (χ1) is 14.8. The van der Waals surface area contributed by atoms with Crippen LogP contribution in [0.2, 0.25) is 0 Å². The molecule has 1 heterocycles. The highest BCUT2D eigenvalue weighted by molar-refractivity contribution is 7.92. The quantitative estimate of drug-likeness (QED) is 0.304. The van der Waals surface area contributed by atoms with E-state index in [1.165, 1.54) is 31.4 Å². The maximum atomic E-state index is 13.2. The van der Waals surface area contributed by atoms with E-state index in [1.807, 2.05) is 0 Å². The number of halogens is 1. The van der Waals surface area contributed by atoms with Gasteiger partial charge in [0.15, 0.2) is 25.8 Å². The van der Waals surface area contributed by atoms with Gasteiger partial charge in [0.25, 0.3) is 5.91 Å². The number of amides is 1. The second kappa shape index (κ2) is 10.3. The number of methoxy groups -OCH3 is 1. The highest BCUT2D eigenvalue weighted by Crippen LogP contribution is 2.33. The molecule has 1 aromatic heterocycles. The SMILES string of the molecule is COCO[C@@H](C)CO/N=C(/C(=O)Nc1ncc(F)s1)c1ccc(S(=O)(=O)C2CC2)cc1. The maximum Gasteiger partial charge on any atom is 0.280 e. The van der Waals surface area contributed by atoms with E-state index >= 15 is 0 Å². The molecular formula is C19H22FN3O6S2. The van der Waals surface area contributed by atoms with Crippen molar-refractivity contribution in [2.24, 2.45) is 5.16 Å². The largest absolute Gasteiger partial charge is 0.392 e. The summed E-state index contributed by atoms with van der Waals surface area (Å²) in [7, 11) is -1.87. The van der Waals surface area contributed by atoms with E-state index in [0.29, 0.717) is 29.7 Å². The Bertz CT molecular complexity index is 1040. The van der Waals surface area contributed by atoms with E-state index < -0.39 is 20.9 Å². The number of hydrogen-bond acceptors (Lipinski definition) is 9. The molecule has 1 aromatic carbocycles. The van der Waals surface area contributed by atoms with E-state index in [2.05, 4.69) is 15.5 Å². The molecule has 3 rings (SSSR count). The fraction of sp³-hybridized carbons (Fsp3) is 0.421. The molecule has 0 saturated heterocycles. The average Bonchev–Trinajstić information content (AvgIpc) is 3.53. The number of ether oxygens (including phenoxy) is 2. The zero-order valence-electron chi connectivity index (χ0n) is 16.9. The van der Waals surface area contributed by atoms with Crippen LogP contribution in [0.15, 0.2) is 40.5 Å². The normalized spacial score (nSPS) is 15.5. The van der Waals surface area contributed by atoms with E-state index in [4.69, 9.17) is 14.3 Å². The summed E-state index contributed by atoms with van der Waals surface area (Å²) in [6, 6.07) is 5.81. The van der Waals surface area contributed by atoms with E-state index in [-0.39, 0.29) is 40.5 Å². The minimum Gasteiger partial charge on any atom is -0.392 e. The lowest BCUT2D eigenvalue weighted by Gasteiger charge is -2.12. The van der Waals surface area contributed by atoms with Crippen LogP contribution in [0, 0.1) is 5.13 Å². The van der Waals surface area contributed by atoms with Crippen molar-refractivity contribution in [3.63, 3.8) is 0 Å². The van der Waals surface area contributed by atoms with Crippen LogP contribution in [0.1, 0.15) is 25.3 Å². The van der Waals surface area contributed by atoms with Gasteiger partial charge in [0.1, 0.15) is 13.4 Å². The summed E-state index contributed by atoms with van der Waals surface area (Å²) in [5, 5.41) is 5.52. The summed E-state index contributed by atoms with van der Waals surface area (Å²) < 4.78 is 48.1. The van der Waals surface area contributed by atoms with Crippen LogP contribution in [0.3, 0.4) is 0 Å². The number of rotatable bonds is 11. The minimum absolute atomic E-state index is 0.0418. The number of sulfone groups is 1. The highest BCUT2D eigenvalue weighted by Gasteiger charge is 2.36. The molecule has 1 atom stereocenters. The molecule has 0 unspecified atom stereocenters. The second-order valence-corrected chi connectivity index (χ2v) is 10.0. The van der Waals surface area contributed by atoms with Crippen LogP contribution in [-0.4, -0.2) is 56.9 Å². The lowest BCUT2D eigenvalue weighted by atomic mass is 10.1. The Balaban J connectivity index is 1.78. The van der Waals surface area contributed by atoms with Crippen molar-refractivity contribution >= 4 is 37.9 Å². The first-order valence-electron chi connectivity index (χ1n) is 9.38. The van der Waals surface area contributed by atoms with Crippen molar-refractivity contribution in [2.75, 3.05) is 25.8 Å². The number of nitrogens with one attached hydrogen (secondary N) is 1. The molecule has 1 fully saturated rings. The molecule has 1 saturated carbocycles. The van der Waals surface area contributed by atoms with Crippen LogP contribution in [0.25, 0.3) is 0 Å². The summed E-state index contributed by atoms with van der Waals surface area (Å²) >= 11 is 0.664. The molecule has 0 bridgehead atoms. The number of carbonyl (C=O) groups excluding carboxylic acids is 1. The molecule has 168 valence electrons. The standard InChI is InChI=1S/C19H22FN3O6S2/c1-12(28-11-27-2)10-29-23-17(18(24)22-19-21-9-16(20)30-19)13-3-5-14(6-4-13)31(25,26)15-7-8-15/h3-6,9,12,15H,7-8,10-11H2,1-2H3,(H,21,22,24)/b23-17+/t12-/m0/s1. The summed E-state index contributed by atoms with van der Waals surface area (Å²) in [6.45, 7) is 1.86. The molecule has 0 spiro atoms. The number of hydrogen-bond donors (Lipinski definition) is 1. The molecule has 0 aliphatic heterocycles. The minimum atomic E-state index is -3.36. The predicted octanol–water partition coefficient (Wildman–Crippen LogP) is 2.59. The van der Waals surface area contributed by atoms with Crippen molar-refractivity contribution in [3.05, 3.63) is 41.2 Å². The van der Waals surface area contributed by atoms with Gasteiger partial charge in [0, 0.05) is 12.7 Å². The Morgan fingerprint density at radius 2 is 2.06 bits per heavy atom. The number of oxime groups is 1. The van der Waals surface area contributed by atoms with Gasteiger partial charge < -0.3 is 14.3 Å². The van der Waals surface area contributed by atoms with Crippen LogP contribution in [0.5, 0.6) is 0 Å². The zero-order valence-corrected chi connectivity index (χ0v) is 18.5. The van der Waals surface area contributed by atoms with Gasteiger partial charge in [-0.2, -0.15) is 4.39 Å². The molecule has 9 nitrogen and oxygen atoms in total. The maximum absolute atomic E-state index is 13.2. The summed E-state index contributed by atoms with van der Waals surface area (Å²) in [5.41, 5.74) is 0.208. The van der Waals surface area contributed by atoms with Crippen LogP contribution < -0.4 is 5.32 Å². The molecule has 1 aliphatic carbocycles. The second-order valence-electron chi connectivity index (χ2n) is 6.81. The third kappa shape index (κ3) is 6.29. The lowest BCUT2D eigenvalue weighted by Crippen LogP contribution is -2.25. The monoisotopic (exact) mass is 471 g/mol. The number of benzene rings is 1. The lowest BCUT2D eigenvalue weighted by molar-refractivity contribution is -0.110. The Hall–Kier alpha value is -2.41. The summed E-state index contributed by atoms with van der Waals surface area (Å²) in [4.78, 5) is 21.9. The number of thiazole rings is 1. The van der Waals surface area contributed by atoms with E-state index in [1.54, 1.807) is 6.92 Å². The molecule has 31 heavy (non-hydrogen) atoms. The molecular weight excluding hydrogens is 449 g/mol. The van der Waals surface area contributed by atoms with Crippen molar-refractivity contribution < 1.29 is 31.9 Å². The Morgan fingerprint density at radius 1 is 1.35 bits per heavy atom. The van der Waals surface area contributed by atoms with Crippen molar-refractivity contribution in [2.45, 2.75) is 36.0 Å². The molecule has 12 heteroatoms. The molecule has 1 aliphatic rings. The third-order valence-electron chi connectivity index (χ3n) is 4.27. The van der Waals surface area contributed by atoms with Gasteiger partial charge in [0.2, 0.25) is 0 Å². The van der Waals surface area contributed by atoms with Crippen molar-refractivity contribution in [1.82, 2.24) is 4.98 Å². The summed E-state index contributed by atoms with van der Waals surface area (Å²) in [6.07, 6.45) is 1.94. The first kappa shape index (κ1) is 23.3. The molecule has 1 N–H and O–H groups in total. The number of carbonyl (C=O) groups is 1. The molecule has 2 aromatic rings. The van der Waals surface area contributed by atoms with Gasteiger partial charge in [-0.1, -0.05) is 28.6 Å². The smallest absolute Gasteiger partial charge is 0.280 e. The highest BCUT2D eigenvalue weighted by atomic mass is 32.2. The van der Waals surface area contributed by atoms with Gasteiger partial charge in [-0.15, -0.1) is 0 Å². The fourth-order valence-electron chi connectivity index (χ4n) is 2.51. The number of nitrogens with zero attached hydrogens (tertiary/aromatic N) is 2. The van der Waals surface area contributed by atoms with Gasteiger partial charge >= 0.3 is 0 Å². The average molecular weight is 472 g/mol. The zero-order chi connectivity index (χ0) is 22.4. The van der Waals surface area contributed by atoms with Crippen molar-refractivity contribution in [3.8, 4) is 0 Å². The Morgan fingerprint density at radius 3 is 2.65 bits per heavy atom. The topological polar surface area (TPSA) is 116 Å². The first-order valence-corrected chi connectivity index (χ1v) is 11.7. The van der Waals surface area contributed by atoms with Crippen LogP contribution >= 0.6 is 11.3 Å². The van der Waals surface area contributed by atoms with E-state index in [9.17, 15) is 17.6 Å². The van der Waals surface area contributed by atoms with Gasteiger partial charge in [-0.3, -0.25) is 10.1 Å².